The molecule has 1 aromatic rings. The maximum absolute atomic E-state index is 12.7. The van der Waals surface area contributed by atoms with E-state index in [1.807, 2.05) is 30.4 Å². The minimum Gasteiger partial charge on any atom is -0.550 e. The number of carboxylic acid groups (broad SMARTS) is 1. The van der Waals surface area contributed by atoms with Gasteiger partial charge in [0.05, 0.1) is 0 Å². The van der Waals surface area contributed by atoms with Crippen LogP contribution in [0.1, 0.15) is 12.8 Å². The van der Waals surface area contributed by atoms with Crippen molar-refractivity contribution in [3.05, 3.63) is 42.5 Å². The highest BCUT2D eigenvalue weighted by Crippen LogP contribution is 2.28. The van der Waals surface area contributed by atoms with Crippen LogP contribution in [0.25, 0.3) is 0 Å². The molecule has 2 atom stereocenters. The van der Waals surface area contributed by atoms with Gasteiger partial charge in [-0.15, -0.1) is 0 Å². The van der Waals surface area contributed by atoms with Crippen molar-refractivity contribution in [1.82, 2.24) is 4.90 Å². The Morgan fingerprint density at radius 3 is 2.13 bits per heavy atom. The van der Waals surface area contributed by atoms with Gasteiger partial charge in [0.2, 0.25) is 5.91 Å². The summed E-state index contributed by atoms with van der Waals surface area (Å²) in [7, 11) is 0. The average Bonchev–Trinajstić information content (AvgIpc) is 2.62. The number of hydrogen-bond acceptors (Lipinski definition) is 4. The summed E-state index contributed by atoms with van der Waals surface area (Å²) in [5, 5.41) is 11.3. The molecule has 23 heavy (non-hydrogen) atoms. The SMILES string of the molecule is O=C([O-])C1CC=CCC1C(=O)N1CCN(c2ccccc2)CC1. The Morgan fingerprint density at radius 2 is 1.52 bits per heavy atom. The van der Waals surface area contributed by atoms with Crippen molar-refractivity contribution in [1.29, 1.82) is 0 Å². The minimum atomic E-state index is -1.12. The predicted molar refractivity (Wildman–Crippen MR) is 85.6 cm³/mol. The average molecular weight is 313 g/mol. The summed E-state index contributed by atoms with van der Waals surface area (Å²) >= 11 is 0. The van der Waals surface area contributed by atoms with Crippen LogP contribution >= 0.6 is 0 Å². The molecular weight excluding hydrogens is 292 g/mol. The van der Waals surface area contributed by atoms with E-state index in [2.05, 4.69) is 17.0 Å². The molecule has 2 aliphatic rings. The van der Waals surface area contributed by atoms with Crippen LogP contribution in [0.3, 0.4) is 0 Å². The second-order valence-corrected chi connectivity index (χ2v) is 6.12. The van der Waals surface area contributed by atoms with E-state index in [0.717, 1.165) is 18.8 Å². The van der Waals surface area contributed by atoms with E-state index in [9.17, 15) is 14.7 Å². The first kappa shape index (κ1) is 15.6. The molecule has 0 saturated carbocycles. The van der Waals surface area contributed by atoms with E-state index < -0.39 is 17.8 Å². The van der Waals surface area contributed by atoms with E-state index >= 15 is 0 Å². The molecule has 5 heteroatoms. The highest BCUT2D eigenvalue weighted by molar-refractivity contribution is 5.85. The van der Waals surface area contributed by atoms with E-state index in [1.54, 1.807) is 4.90 Å². The highest BCUT2D eigenvalue weighted by atomic mass is 16.4. The van der Waals surface area contributed by atoms with Crippen molar-refractivity contribution in [3.63, 3.8) is 0 Å². The quantitative estimate of drug-likeness (QED) is 0.769. The lowest BCUT2D eigenvalue weighted by atomic mass is 9.82. The van der Waals surface area contributed by atoms with Crippen molar-refractivity contribution < 1.29 is 14.7 Å². The molecular formula is C18H21N2O3-. The smallest absolute Gasteiger partial charge is 0.226 e. The molecule has 1 aliphatic heterocycles. The van der Waals surface area contributed by atoms with Gasteiger partial charge in [-0.3, -0.25) is 4.79 Å². The topological polar surface area (TPSA) is 63.7 Å². The van der Waals surface area contributed by atoms with E-state index in [0.29, 0.717) is 25.9 Å². The number of anilines is 1. The Hall–Kier alpha value is -2.30. The van der Waals surface area contributed by atoms with Gasteiger partial charge >= 0.3 is 0 Å². The molecule has 0 bridgehead atoms. The van der Waals surface area contributed by atoms with Gasteiger partial charge in [0.15, 0.2) is 0 Å². The molecule has 122 valence electrons. The summed E-state index contributed by atoms with van der Waals surface area (Å²) in [4.78, 5) is 28.0. The predicted octanol–water partition coefficient (Wildman–Crippen LogP) is 0.667. The maximum Gasteiger partial charge on any atom is 0.226 e. The van der Waals surface area contributed by atoms with Crippen LogP contribution in [0.5, 0.6) is 0 Å². The van der Waals surface area contributed by atoms with Crippen molar-refractivity contribution in [2.45, 2.75) is 12.8 Å². The molecule has 1 amide bonds. The lowest BCUT2D eigenvalue weighted by molar-refractivity contribution is -0.313. The second-order valence-electron chi connectivity index (χ2n) is 6.12. The molecule has 1 heterocycles. The Morgan fingerprint density at radius 1 is 0.913 bits per heavy atom. The Balaban J connectivity index is 1.62. The third-order valence-corrected chi connectivity index (χ3v) is 4.77. The Labute approximate surface area is 136 Å². The van der Waals surface area contributed by atoms with Gasteiger partial charge in [-0.05, 0) is 25.0 Å². The van der Waals surface area contributed by atoms with Crippen LogP contribution < -0.4 is 10.0 Å². The van der Waals surface area contributed by atoms with Crippen molar-refractivity contribution >= 4 is 17.6 Å². The third kappa shape index (κ3) is 3.38. The number of amides is 1. The molecule has 1 aromatic carbocycles. The lowest BCUT2D eigenvalue weighted by Gasteiger charge is -2.39. The van der Waals surface area contributed by atoms with E-state index in [-0.39, 0.29) is 5.91 Å². The van der Waals surface area contributed by atoms with Crippen LogP contribution in [0.2, 0.25) is 0 Å². The first-order valence-corrected chi connectivity index (χ1v) is 8.11. The van der Waals surface area contributed by atoms with Gasteiger partial charge in [0.25, 0.3) is 0 Å². The summed E-state index contributed by atoms with van der Waals surface area (Å²) < 4.78 is 0. The molecule has 0 spiro atoms. The monoisotopic (exact) mass is 313 g/mol. The standard InChI is InChI=1S/C18H22N2O3/c21-17(15-8-4-5-9-16(15)18(22)23)20-12-10-19(11-13-20)14-6-2-1-3-7-14/h1-7,15-16H,8-13H2,(H,22,23)/p-1. The lowest BCUT2D eigenvalue weighted by Crippen LogP contribution is -2.52. The number of hydrogen-bond donors (Lipinski definition) is 0. The summed E-state index contributed by atoms with van der Waals surface area (Å²) in [6.07, 6.45) is 4.62. The largest absolute Gasteiger partial charge is 0.550 e. The van der Waals surface area contributed by atoms with Gasteiger partial charge in [0.1, 0.15) is 0 Å². The zero-order valence-electron chi connectivity index (χ0n) is 13.1. The fraction of sp³-hybridized carbons (Fsp3) is 0.444. The van der Waals surface area contributed by atoms with Crippen molar-refractivity contribution in [2.24, 2.45) is 11.8 Å². The number of piperazine rings is 1. The number of carbonyl (C=O) groups excluding carboxylic acids is 2. The summed E-state index contributed by atoms with van der Waals surface area (Å²) in [5.74, 6) is -2.33. The molecule has 0 N–H and O–H groups in total. The highest BCUT2D eigenvalue weighted by Gasteiger charge is 2.34. The number of aliphatic carboxylic acids is 1. The molecule has 1 fully saturated rings. The van der Waals surface area contributed by atoms with Crippen molar-refractivity contribution in [3.8, 4) is 0 Å². The molecule has 0 aromatic heterocycles. The minimum absolute atomic E-state index is 0.0451. The molecule has 3 rings (SSSR count). The van der Waals surface area contributed by atoms with Crippen LogP contribution in [0.15, 0.2) is 42.5 Å². The fourth-order valence-electron chi connectivity index (χ4n) is 3.41. The number of carbonyl (C=O) groups is 2. The van der Waals surface area contributed by atoms with E-state index in [1.165, 1.54) is 0 Å². The number of carboxylic acids is 1. The van der Waals surface area contributed by atoms with Crippen LogP contribution in [0, 0.1) is 11.8 Å². The number of rotatable bonds is 3. The van der Waals surface area contributed by atoms with Crippen LogP contribution in [-0.4, -0.2) is 43.0 Å². The third-order valence-electron chi connectivity index (χ3n) is 4.77. The first-order valence-electron chi connectivity index (χ1n) is 8.11. The maximum atomic E-state index is 12.7. The number of nitrogens with zero attached hydrogens (tertiary/aromatic N) is 2. The fourth-order valence-corrected chi connectivity index (χ4v) is 3.41. The normalized spacial score (nSPS) is 24.5. The van der Waals surface area contributed by atoms with Gasteiger partial charge in [-0.2, -0.15) is 0 Å². The zero-order valence-corrected chi connectivity index (χ0v) is 13.1. The van der Waals surface area contributed by atoms with E-state index in [4.69, 9.17) is 0 Å². The number of benzene rings is 1. The Kier molecular flexibility index (Phi) is 4.65. The molecule has 0 radical (unpaired) electrons. The van der Waals surface area contributed by atoms with Gasteiger partial charge in [-0.25, -0.2) is 0 Å². The zero-order chi connectivity index (χ0) is 16.2. The van der Waals surface area contributed by atoms with Crippen LogP contribution in [0.4, 0.5) is 5.69 Å². The van der Waals surface area contributed by atoms with Crippen LogP contribution in [-0.2, 0) is 9.59 Å². The first-order chi connectivity index (χ1) is 11.2. The van der Waals surface area contributed by atoms with Gasteiger partial charge < -0.3 is 19.7 Å². The van der Waals surface area contributed by atoms with Crippen molar-refractivity contribution in [2.75, 3.05) is 31.1 Å². The number of para-hydroxylation sites is 1. The summed E-state index contributed by atoms with van der Waals surface area (Å²) in [6.45, 7) is 2.81. The summed E-state index contributed by atoms with van der Waals surface area (Å²) in [6, 6.07) is 10.1. The molecule has 5 nitrogen and oxygen atoms in total. The molecule has 2 unspecified atom stereocenters. The van der Waals surface area contributed by atoms with Gasteiger partial charge in [-0.1, -0.05) is 30.4 Å². The summed E-state index contributed by atoms with van der Waals surface area (Å²) in [5.41, 5.74) is 1.16. The second kappa shape index (κ2) is 6.86. The molecule has 1 aliphatic carbocycles. The molecule has 1 saturated heterocycles. The van der Waals surface area contributed by atoms with Gasteiger partial charge in [0, 0.05) is 49.7 Å². The number of allylic oxidation sites excluding steroid dienone is 2. The Bertz CT molecular complexity index is 592.